The zero-order chi connectivity index (χ0) is 14.5. The average molecular weight is 316 g/mol. The van der Waals surface area contributed by atoms with Crippen molar-refractivity contribution >= 4 is 23.2 Å². The molecule has 0 amide bonds. The molecule has 0 saturated carbocycles. The van der Waals surface area contributed by atoms with E-state index in [1.807, 2.05) is 18.2 Å². The molecule has 3 unspecified atom stereocenters. The molecule has 1 saturated heterocycles. The predicted molar refractivity (Wildman–Crippen MR) is 85.8 cm³/mol. The van der Waals surface area contributed by atoms with Gasteiger partial charge in [-0.2, -0.15) is 0 Å². The summed E-state index contributed by atoms with van der Waals surface area (Å²) in [6.07, 6.45) is 3.37. The third-order valence-corrected chi connectivity index (χ3v) is 4.55. The van der Waals surface area contributed by atoms with Gasteiger partial charge in [0, 0.05) is 22.7 Å². The summed E-state index contributed by atoms with van der Waals surface area (Å²) in [6, 6.07) is 5.96. The van der Waals surface area contributed by atoms with Crippen molar-refractivity contribution in [2.45, 2.75) is 45.3 Å². The van der Waals surface area contributed by atoms with Crippen molar-refractivity contribution in [3.05, 3.63) is 33.8 Å². The fourth-order valence-corrected chi connectivity index (χ4v) is 3.19. The van der Waals surface area contributed by atoms with Crippen LogP contribution in [0.1, 0.15) is 32.3 Å². The van der Waals surface area contributed by atoms with Gasteiger partial charge >= 0.3 is 0 Å². The summed E-state index contributed by atoms with van der Waals surface area (Å²) in [7, 11) is 0. The van der Waals surface area contributed by atoms with Gasteiger partial charge in [-0.1, -0.05) is 37.0 Å². The minimum atomic E-state index is 0.261. The Bertz CT molecular complexity index is 438. The summed E-state index contributed by atoms with van der Waals surface area (Å²) in [5.41, 5.74) is 1.09. The molecule has 0 aromatic heterocycles. The van der Waals surface area contributed by atoms with Gasteiger partial charge in [0.15, 0.2) is 0 Å². The first kappa shape index (κ1) is 16.1. The number of nitrogens with one attached hydrogen (secondary N) is 1. The number of hydrogen-bond donors (Lipinski definition) is 1. The first-order chi connectivity index (χ1) is 9.61. The summed E-state index contributed by atoms with van der Waals surface area (Å²) >= 11 is 12.4. The molecule has 2 rings (SSSR count). The van der Waals surface area contributed by atoms with Gasteiger partial charge in [0.25, 0.3) is 0 Å². The maximum Gasteiger partial charge on any atom is 0.0757 e. The molecule has 1 aromatic carbocycles. The summed E-state index contributed by atoms with van der Waals surface area (Å²) in [4.78, 5) is 0. The van der Waals surface area contributed by atoms with Gasteiger partial charge in [0.05, 0.1) is 6.10 Å². The van der Waals surface area contributed by atoms with Gasteiger partial charge in [-0.15, -0.1) is 0 Å². The molecule has 1 aliphatic rings. The lowest BCUT2D eigenvalue weighted by molar-refractivity contribution is 0.0610. The second-order valence-corrected chi connectivity index (χ2v) is 6.45. The van der Waals surface area contributed by atoms with Gasteiger partial charge in [-0.25, -0.2) is 0 Å². The number of hydrogen-bond acceptors (Lipinski definition) is 2. The first-order valence-electron chi connectivity index (χ1n) is 7.40. The first-order valence-corrected chi connectivity index (χ1v) is 8.16. The van der Waals surface area contributed by atoms with Crippen molar-refractivity contribution in [2.75, 3.05) is 13.2 Å². The van der Waals surface area contributed by atoms with E-state index in [2.05, 4.69) is 19.2 Å². The van der Waals surface area contributed by atoms with Crippen LogP contribution in [0.3, 0.4) is 0 Å². The van der Waals surface area contributed by atoms with Crippen LogP contribution in [0.2, 0.25) is 10.0 Å². The average Bonchev–Trinajstić information content (AvgIpc) is 2.84. The van der Waals surface area contributed by atoms with E-state index in [0.717, 1.165) is 48.0 Å². The van der Waals surface area contributed by atoms with Gasteiger partial charge < -0.3 is 10.1 Å². The van der Waals surface area contributed by atoms with E-state index < -0.39 is 0 Å². The van der Waals surface area contributed by atoms with Crippen molar-refractivity contribution < 1.29 is 4.74 Å². The molecule has 0 bridgehead atoms. The van der Waals surface area contributed by atoms with Crippen LogP contribution in [0.5, 0.6) is 0 Å². The lowest BCUT2D eigenvalue weighted by Crippen LogP contribution is -2.44. The summed E-state index contributed by atoms with van der Waals surface area (Å²) < 4.78 is 5.93. The number of benzene rings is 1. The van der Waals surface area contributed by atoms with Crippen LogP contribution >= 0.6 is 23.2 Å². The van der Waals surface area contributed by atoms with Crippen LogP contribution < -0.4 is 5.32 Å². The Hall–Kier alpha value is -0.280. The zero-order valence-corrected chi connectivity index (χ0v) is 13.7. The summed E-state index contributed by atoms with van der Waals surface area (Å²) in [5.74, 6) is 0.585. The molecule has 112 valence electrons. The Morgan fingerprint density at radius 1 is 1.40 bits per heavy atom. The SMILES string of the molecule is CCCNC(Cc1cc(Cl)ccc1Cl)C1OCCC1C. The number of rotatable bonds is 6. The number of ether oxygens (including phenoxy) is 1. The quantitative estimate of drug-likeness (QED) is 0.843. The molecule has 1 fully saturated rings. The molecule has 2 nitrogen and oxygen atoms in total. The van der Waals surface area contributed by atoms with Crippen LogP contribution in [0.15, 0.2) is 18.2 Å². The van der Waals surface area contributed by atoms with E-state index >= 15 is 0 Å². The van der Waals surface area contributed by atoms with Gasteiger partial charge in [0.2, 0.25) is 0 Å². The van der Waals surface area contributed by atoms with Crippen LogP contribution in [0, 0.1) is 5.92 Å². The second kappa shape index (κ2) is 7.65. The fourth-order valence-electron chi connectivity index (χ4n) is 2.80. The fraction of sp³-hybridized carbons (Fsp3) is 0.625. The van der Waals surface area contributed by atoms with Crippen LogP contribution in [-0.4, -0.2) is 25.3 Å². The highest BCUT2D eigenvalue weighted by Crippen LogP contribution is 2.28. The standard InChI is InChI=1S/C16H23Cl2NO/c1-3-7-19-15(16-11(2)6-8-20-16)10-12-9-13(17)4-5-14(12)18/h4-5,9,11,15-16,19H,3,6-8,10H2,1-2H3. The summed E-state index contributed by atoms with van der Waals surface area (Å²) in [5, 5.41) is 5.13. The van der Waals surface area contributed by atoms with E-state index in [0.29, 0.717) is 12.0 Å². The van der Waals surface area contributed by atoms with Crippen LogP contribution in [0.4, 0.5) is 0 Å². The highest BCUT2D eigenvalue weighted by molar-refractivity contribution is 6.33. The van der Waals surface area contributed by atoms with E-state index in [9.17, 15) is 0 Å². The van der Waals surface area contributed by atoms with Crippen molar-refractivity contribution in [1.82, 2.24) is 5.32 Å². The molecule has 1 aromatic rings. The van der Waals surface area contributed by atoms with Crippen LogP contribution in [0.25, 0.3) is 0 Å². The molecular weight excluding hydrogens is 293 g/mol. The van der Waals surface area contributed by atoms with E-state index in [-0.39, 0.29) is 6.10 Å². The molecule has 1 heterocycles. The summed E-state index contributed by atoms with van der Waals surface area (Å²) in [6.45, 7) is 6.29. The molecule has 3 atom stereocenters. The van der Waals surface area contributed by atoms with Crippen LogP contribution in [-0.2, 0) is 11.2 Å². The lowest BCUT2D eigenvalue weighted by atomic mass is 9.93. The Kier molecular flexibility index (Phi) is 6.16. The maximum absolute atomic E-state index is 6.29. The maximum atomic E-state index is 6.29. The smallest absolute Gasteiger partial charge is 0.0757 e. The molecule has 4 heteroatoms. The third kappa shape index (κ3) is 4.11. The minimum Gasteiger partial charge on any atom is -0.376 e. The Labute approximate surface area is 131 Å². The Morgan fingerprint density at radius 2 is 2.20 bits per heavy atom. The van der Waals surface area contributed by atoms with Gasteiger partial charge in [0.1, 0.15) is 0 Å². The van der Waals surface area contributed by atoms with Crippen molar-refractivity contribution in [1.29, 1.82) is 0 Å². The van der Waals surface area contributed by atoms with E-state index in [1.165, 1.54) is 0 Å². The zero-order valence-electron chi connectivity index (χ0n) is 12.2. The normalized spacial score (nSPS) is 24.0. The molecule has 1 N–H and O–H groups in total. The van der Waals surface area contributed by atoms with E-state index in [4.69, 9.17) is 27.9 Å². The number of halogens is 2. The second-order valence-electron chi connectivity index (χ2n) is 5.60. The van der Waals surface area contributed by atoms with Crippen molar-refractivity contribution in [3.63, 3.8) is 0 Å². The topological polar surface area (TPSA) is 21.3 Å². The van der Waals surface area contributed by atoms with Gasteiger partial charge in [-0.05, 0) is 55.5 Å². The third-order valence-electron chi connectivity index (χ3n) is 3.95. The van der Waals surface area contributed by atoms with Gasteiger partial charge in [-0.3, -0.25) is 0 Å². The minimum absolute atomic E-state index is 0.261. The van der Waals surface area contributed by atoms with E-state index in [1.54, 1.807) is 0 Å². The molecular formula is C16H23Cl2NO. The van der Waals surface area contributed by atoms with Crippen molar-refractivity contribution in [2.24, 2.45) is 5.92 Å². The highest BCUT2D eigenvalue weighted by atomic mass is 35.5. The largest absolute Gasteiger partial charge is 0.376 e. The Balaban J connectivity index is 2.12. The van der Waals surface area contributed by atoms with Crippen molar-refractivity contribution in [3.8, 4) is 0 Å². The molecule has 0 radical (unpaired) electrons. The predicted octanol–water partition coefficient (Wildman–Crippen LogP) is 4.33. The molecule has 0 aliphatic carbocycles. The highest BCUT2D eigenvalue weighted by Gasteiger charge is 2.32. The molecule has 1 aliphatic heterocycles. The molecule has 20 heavy (non-hydrogen) atoms. The Morgan fingerprint density at radius 3 is 2.85 bits per heavy atom. The monoisotopic (exact) mass is 315 g/mol. The molecule has 0 spiro atoms. The lowest BCUT2D eigenvalue weighted by Gasteiger charge is -2.27.